The molecule has 3 aromatic carbocycles. The topological polar surface area (TPSA) is 41.6 Å². The van der Waals surface area contributed by atoms with E-state index in [0.29, 0.717) is 24.7 Å². The van der Waals surface area contributed by atoms with Gasteiger partial charge >= 0.3 is 0 Å². The second kappa shape index (κ2) is 9.18. The van der Waals surface area contributed by atoms with Crippen LogP contribution in [0.3, 0.4) is 0 Å². The van der Waals surface area contributed by atoms with Crippen molar-refractivity contribution in [1.29, 1.82) is 0 Å². The molecule has 0 aromatic heterocycles. The number of nitrogens with one attached hydrogen (secondary N) is 1. The lowest BCUT2D eigenvalue weighted by Gasteiger charge is -2.38. The van der Waals surface area contributed by atoms with Crippen LogP contribution in [0.25, 0.3) is 0 Å². The van der Waals surface area contributed by atoms with Gasteiger partial charge in [0, 0.05) is 18.1 Å². The van der Waals surface area contributed by atoms with Crippen LogP contribution in [-0.4, -0.2) is 18.6 Å². The molecule has 4 nitrogen and oxygen atoms in total. The summed E-state index contributed by atoms with van der Waals surface area (Å²) < 4.78 is 19.2. The Kier molecular flexibility index (Phi) is 6.19. The van der Waals surface area contributed by atoms with E-state index in [-0.39, 0.29) is 24.2 Å². The lowest BCUT2D eigenvalue weighted by atomic mass is 10.1. The average Bonchev–Trinajstić information content (AvgIpc) is 2.76. The quantitative estimate of drug-likeness (QED) is 0.608. The van der Waals surface area contributed by atoms with Gasteiger partial charge in [0.25, 0.3) is 0 Å². The van der Waals surface area contributed by atoms with E-state index in [2.05, 4.69) is 10.2 Å². The molecule has 0 saturated carbocycles. The summed E-state index contributed by atoms with van der Waals surface area (Å²) in [6.45, 7) is 1.33. The van der Waals surface area contributed by atoms with E-state index < -0.39 is 0 Å². The summed E-state index contributed by atoms with van der Waals surface area (Å²) in [6.07, 6.45) is 0.278. The summed E-state index contributed by atoms with van der Waals surface area (Å²) >= 11 is 6.17. The minimum atomic E-state index is -0.267. The second-order valence-corrected chi connectivity index (χ2v) is 7.67. The predicted molar refractivity (Wildman–Crippen MR) is 116 cm³/mol. The van der Waals surface area contributed by atoms with Crippen molar-refractivity contribution in [3.8, 4) is 5.75 Å². The molecule has 1 atom stereocenters. The zero-order valence-corrected chi connectivity index (χ0v) is 17.1. The third-order valence-corrected chi connectivity index (χ3v) is 5.54. The molecule has 0 saturated heterocycles. The van der Waals surface area contributed by atoms with Crippen LogP contribution in [0.4, 0.5) is 10.1 Å². The molecular weight excluding hydrogens is 403 g/mol. The van der Waals surface area contributed by atoms with Crippen LogP contribution in [-0.2, 0) is 17.9 Å². The fourth-order valence-electron chi connectivity index (χ4n) is 3.58. The highest BCUT2D eigenvalue weighted by molar-refractivity contribution is 6.31. The van der Waals surface area contributed by atoms with E-state index in [1.165, 1.54) is 12.1 Å². The number of carbonyl (C=O) groups excluding carboxylic acids is 1. The largest absolute Gasteiger partial charge is 0.489 e. The number of rotatable bonds is 6. The molecule has 0 bridgehead atoms. The van der Waals surface area contributed by atoms with Crippen molar-refractivity contribution in [1.82, 2.24) is 5.32 Å². The van der Waals surface area contributed by atoms with Crippen molar-refractivity contribution in [2.75, 3.05) is 11.5 Å². The van der Waals surface area contributed by atoms with Crippen LogP contribution in [0, 0.1) is 5.82 Å². The standard InChI is InChI=1S/C24H22ClFN2O2/c25-21-6-2-1-5-18(21)14-27-24(29)13-20-16-30-23-8-4-3-7-22(23)28(20)15-17-9-11-19(26)12-10-17/h1-12,20H,13-16H2,(H,27,29). The van der Waals surface area contributed by atoms with Gasteiger partial charge in [-0.3, -0.25) is 4.79 Å². The summed E-state index contributed by atoms with van der Waals surface area (Å²) in [5.41, 5.74) is 2.77. The molecule has 0 spiro atoms. The Morgan fingerprint density at radius 1 is 1.07 bits per heavy atom. The van der Waals surface area contributed by atoms with Crippen LogP contribution in [0.5, 0.6) is 5.75 Å². The molecule has 3 aromatic rings. The Hall–Kier alpha value is -3.05. The van der Waals surface area contributed by atoms with E-state index in [1.54, 1.807) is 18.2 Å². The molecule has 6 heteroatoms. The van der Waals surface area contributed by atoms with E-state index in [4.69, 9.17) is 16.3 Å². The highest BCUT2D eigenvalue weighted by atomic mass is 35.5. The number of fused-ring (bicyclic) bond motifs is 1. The van der Waals surface area contributed by atoms with Gasteiger partial charge in [-0.2, -0.15) is 0 Å². The molecule has 1 amide bonds. The van der Waals surface area contributed by atoms with Crippen LogP contribution in [0.15, 0.2) is 72.8 Å². The number of anilines is 1. The number of para-hydroxylation sites is 2. The van der Waals surface area contributed by atoms with Gasteiger partial charge in [-0.25, -0.2) is 4.39 Å². The Morgan fingerprint density at radius 2 is 1.80 bits per heavy atom. The van der Waals surface area contributed by atoms with Crippen molar-refractivity contribution in [3.63, 3.8) is 0 Å². The highest BCUT2D eigenvalue weighted by Crippen LogP contribution is 2.35. The molecule has 1 aliphatic heterocycles. The first-order valence-electron chi connectivity index (χ1n) is 9.83. The lowest BCUT2D eigenvalue weighted by molar-refractivity contribution is -0.121. The normalized spacial score (nSPS) is 15.3. The van der Waals surface area contributed by atoms with Gasteiger partial charge in [0.2, 0.25) is 5.91 Å². The molecule has 154 valence electrons. The zero-order chi connectivity index (χ0) is 20.9. The fourth-order valence-corrected chi connectivity index (χ4v) is 3.78. The van der Waals surface area contributed by atoms with Crippen LogP contribution in [0.2, 0.25) is 5.02 Å². The summed E-state index contributed by atoms with van der Waals surface area (Å²) in [7, 11) is 0. The smallest absolute Gasteiger partial charge is 0.222 e. The van der Waals surface area contributed by atoms with Gasteiger partial charge in [0.15, 0.2) is 0 Å². The van der Waals surface area contributed by atoms with Crippen molar-refractivity contribution in [2.24, 2.45) is 0 Å². The number of carbonyl (C=O) groups is 1. The first kappa shape index (κ1) is 20.2. The number of nitrogens with zero attached hydrogens (tertiary/aromatic N) is 1. The lowest BCUT2D eigenvalue weighted by Crippen LogP contribution is -2.45. The Morgan fingerprint density at radius 3 is 2.60 bits per heavy atom. The van der Waals surface area contributed by atoms with Crippen molar-refractivity contribution >= 4 is 23.2 Å². The minimum Gasteiger partial charge on any atom is -0.489 e. The number of ether oxygens (including phenoxy) is 1. The highest BCUT2D eigenvalue weighted by Gasteiger charge is 2.29. The number of benzene rings is 3. The number of amides is 1. The molecular formula is C24H22ClFN2O2. The summed E-state index contributed by atoms with van der Waals surface area (Å²) in [5, 5.41) is 3.58. The number of halogens is 2. The van der Waals surface area contributed by atoms with Crippen molar-refractivity contribution in [2.45, 2.75) is 25.6 Å². The molecule has 0 radical (unpaired) electrons. The first-order chi connectivity index (χ1) is 14.6. The molecule has 1 aliphatic rings. The molecule has 0 aliphatic carbocycles. The van der Waals surface area contributed by atoms with Gasteiger partial charge in [0.1, 0.15) is 18.2 Å². The Bertz CT molecular complexity index is 1030. The first-order valence-corrected chi connectivity index (χ1v) is 10.2. The summed E-state index contributed by atoms with van der Waals surface area (Å²) in [4.78, 5) is 14.8. The fraction of sp³-hybridized carbons (Fsp3) is 0.208. The predicted octanol–water partition coefficient (Wildman–Crippen LogP) is 4.95. The zero-order valence-electron chi connectivity index (χ0n) is 16.4. The van der Waals surface area contributed by atoms with E-state index in [0.717, 1.165) is 22.6 Å². The molecule has 30 heavy (non-hydrogen) atoms. The molecule has 4 rings (SSSR count). The number of hydrogen-bond acceptors (Lipinski definition) is 3. The van der Waals surface area contributed by atoms with E-state index in [9.17, 15) is 9.18 Å². The maximum Gasteiger partial charge on any atom is 0.222 e. The van der Waals surface area contributed by atoms with Gasteiger partial charge < -0.3 is 15.0 Å². The molecule has 0 fully saturated rings. The number of hydrogen-bond donors (Lipinski definition) is 1. The molecule has 1 N–H and O–H groups in total. The van der Waals surface area contributed by atoms with Crippen LogP contribution < -0.4 is 15.0 Å². The summed E-state index contributed by atoms with van der Waals surface area (Å²) in [6, 6.07) is 21.5. The average molecular weight is 425 g/mol. The van der Waals surface area contributed by atoms with Crippen LogP contribution in [0.1, 0.15) is 17.5 Å². The third kappa shape index (κ3) is 4.74. The monoisotopic (exact) mass is 424 g/mol. The Balaban J connectivity index is 1.48. The van der Waals surface area contributed by atoms with Crippen molar-refractivity contribution < 1.29 is 13.9 Å². The van der Waals surface area contributed by atoms with Gasteiger partial charge in [-0.1, -0.05) is 54.1 Å². The maximum absolute atomic E-state index is 13.3. The second-order valence-electron chi connectivity index (χ2n) is 7.26. The van der Waals surface area contributed by atoms with Gasteiger partial charge in [0.05, 0.1) is 18.2 Å². The Labute approximate surface area is 180 Å². The third-order valence-electron chi connectivity index (χ3n) is 5.17. The maximum atomic E-state index is 13.3. The minimum absolute atomic E-state index is 0.0768. The summed E-state index contributed by atoms with van der Waals surface area (Å²) in [5.74, 6) is 0.441. The molecule has 1 unspecified atom stereocenters. The van der Waals surface area contributed by atoms with E-state index in [1.807, 2.05) is 42.5 Å². The van der Waals surface area contributed by atoms with Crippen molar-refractivity contribution in [3.05, 3.63) is 94.8 Å². The van der Waals surface area contributed by atoms with E-state index >= 15 is 0 Å². The molecule has 1 heterocycles. The SMILES string of the molecule is O=C(CC1COc2ccccc2N1Cc1ccc(F)cc1)NCc1ccccc1Cl. The van der Waals surface area contributed by atoms with Crippen LogP contribution >= 0.6 is 11.6 Å². The van der Waals surface area contributed by atoms with Gasteiger partial charge in [-0.05, 0) is 41.5 Å². The van der Waals surface area contributed by atoms with Gasteiger partial charge in [-0.15, -0.1) is 0 Å².